The molecular weight excluding hydrogens is 230 g/mol. The van der Waals surface area contributed by atoms with E-state index in [1.807, 2.05) is 32.2 Å². The van der Waals surface area contributed by atoms with E-state index in [-0.39, 0.29) is 0 Å². The van der Waals surface area contributed by atoms with Crippen LogP contribution in [-0.4, -0.2) is 14.8 Å². The van der Waals surface area contributed by atoms with E-state index in [0.29, 0.717) is 9.79 Å². The fraction of sp³-hybridized carbons (Fsp3) is 0.200. The molecule has 0 aliphatic rings. The molecule has 1 aromatic carbocycles. The minimum absolute atomic E-state index is 0.532. The Morgan fingerprint density at radius 3 is 2.80 bits per heavy atom. The first-order valence-electron chi connectivity index (χ1n) is 4.47. The van der Waals surface area contributed by atoms with Gasteiger partial charge in [-0.05, 0) is 36.8 Å². The molecular formula is C10H10ClN3S. The smallest absolute Gasteiger partial charge is 0.216 e. The molecule has 0 spiro atoms. The number of hydrogen-bond acceptors (Lipinski definition) is 2. The van der Waals surface area contributed by atoms with Crippen LogP contribution in [0.2, 0.25) is 5.02 Å². The fourth-order valence-electron chi connectivity index (χ4n) is 1.37. The predicted octanol–water partition coefficient (Wildman–Crippen LogP) is 3.11. The average molecular weight is 240 g/mol. The summed E-state index contributed by atoms with van der Waals surface area (Å²) < 4.78 is 2.23. The van der Waals surface area contributed by atoms with Gasteiger partial charge >= 0.3 is 0 Å². The molecule has 78 valence electrons. The quantitative estimate of drug-likeness (QED) is 0.776. The summed E-state index contributed by atoms with van der Waals surface area (Å²) in [6.45, 7) is 2.01. The minimum atomic E-state index is 0.532. The van der Waals surface area contributed by atoms with Crippen LogP contribution >= 0.6 is 23.8 Å². The van der Waals surface area contributed by atoms with Gasteiger partial charge in [-0.15, -0.1) is 0 Å². The van der Waals surface area contributed by atoms with Crippen molar-refractivity contribution >= 4 is 23.8 Å². The highest BCUT2D eigenvalue weighted by molar-refractivity contribution is 7.71. The molecule has 0 amide bonds. The number of nitrogens with zero attached hydrogens (tertiary/aromatic N) is 2. The molecule has 0 aliphatic carbocycles. The van der Waals surface area contributed by atoms with E-state index in [1.165, 1.54) is 0 Å². The molecule has 15 heavy (non-hydrogen) atoms. The third kappa shape index (κ3) is 1.96. The summed E-state index contributed by atoms with van der Waals surface area (Å²) in [6.07, 6.45) is 0. The Kier molecular flexibility index (Phi) is 2.63. The Morgan fingerprint density at radius 1 is 1.47 bits per heavy atom. The highest BCUT2D eigenvalue weighted by Crippen LogP contribution is 2.23. The van der Waals surface area contributed by atoms with Crippen LogP contribution in [0.1, 0.15) is 5.56 Å². The summed E-state index contributed by atoms with van der Waals surface area (Å²) in [7, 11) is 1.83. The highest BCUT2D eigenvalue weighted by Gasteiger charge is 2.06. The normalized spacial score (nSPS) is 10.6. The second-order valence-corrected chi connectivity index (χ2v) is 4.17. The largest absolute Gasteiger partial charge is 0.279 e. The maximum atomic E-state index is 5.94. The molecule has 0 radical (unpaired) electrons. The number of nitrogens with one attached hydrogen (secondary N) is 1. The van der Waals surface area contributed by atoms with Gasteiger partial charge in [-0.3, -0.25) is 9.78 Å². The first-order chi connectivity index (χ1) is 7.08. The standard InChI is InChI=1S/C10H10ClN3S/c1-6-3-4-7(11)5-8(6)9-12-10(15)14(2)13-9/h3-5H,1-2H3,(H,12,13,15). The lowest BCUT2D eigenvalue weighted by molar-refractivity contribution is 0.756. The summed E-state index contributed by atoms with van der Waals surface area (Å²) in [5.74, 6) is 0.752. The van der Waals surface area contributed by atoms with Gasteiger partial charge in [-0.25, -0.2) is 0 Å². The van der Waals surface area contributed by atoms with Gasteiger partial charge in [0.2, 0.25) is 4.77 Å². The minimum Gasteiger partial charge on any atom is -0.279 e. The molecule has 0 unspecified atom stereocenters. The van der Waals surface area contributed by atoms with E-state index in [0.717, 1.165) is 17.0 Å². The molecule has 0 atom stereocenters. The maximum absolute atomic E-state index is 5.94. The van der Waals surface area contributed by atoms with Gasteiger partial charge in [0.15, 0.2) is 5.82 Å². The van der Waals surface area contributed by atoms with Gasteiger partial charge in [0.1, 0.15) is 0 Å². The molecule has 0 saturated carbocycles. The van der Waals surface area contributed by atoms with Gasteiger partial charge in [0, 0.05) is 17.6 Å². The number of H-pyrrole nitrogens is 1. The van der Waals surface area contributed by atoms with Gasteiger partial charge in [0.25, 0.3) is 0 Å². The van der Waals surface area contributed by atoms with Crippen LogP contribution in [0, 0.1) is 11.7 Å². The first kappa shape index (κ1) is 10.4. The zero-order valence-corrected chi connectivity index (χ0v) is 9.99. The van der Waals surface area contributed by atoms with Crippen LogP contribution in [0.25, 0.3) is 11.4 Å². The summed E-state index contributed by atoms with van der Waals surface area (Å²) in [5.41, 5.74) is 2.10. The van der Waals surface area contributed by atoms with E-state index in [2.05, 4.69) is 10.1 Å². The lowest BCUT2D eigenvalue weighted by Crippen LogP contribution is -1.90. The zero-order valence-electron chi connectivity index (χ0n) is 8.41. The number of aryl methyl sites for hydroxylation is 2. The van der Waals surface area contributed by atoms with Crippen LogP contribution in [0.4, 0.5) is 0 Å². The molecule has 2 rings (SSSR count). The van der Waals surface area contributed by atoms with Crippen molar-refractivity contribution < 1.29 is 0 Å². The maximum Gasteiger partial charge on any atom is 0.216 e. The van der Waals surface area contributed by atoms with Crippen LogP contribution in [0.5, 0.6) is 0 Å². The van der Waals surface area contributed by atoms with Crippen molar-refractivity contribution in [2.75, 3.05) is 0 Å². The molecule has 0 aliphatic heterocycles. The molecule has 0 bridgehead atoms. The fourth-order valence-corrected chi connectivity index (χ4v) is 1.68. The number of hydrogen-bond donors (Lipinski definition) is 1. The van der Waals surface area contributed by atoms with Gasteiger partial charge < -0.3 is 0 Å². The monoisotopic (exact) mass is 239 g/mol. The van der Waals surface area contributed by atoms with E-state index in [4.69, 9.17) is 23.8 Å². The van der Waals surface area contributed by atoms with Crippen molar-refractivity contribution in [2.24, 2.45) is 7.05 Å². The summed E-state index contributed by atoms with van der Waals surface area (Å²) in [5, 5.41) is 3.77. The van der Waals surface area contributed by atoms with E-state index < -0.39 is 0 Å². The Balaban J connectivity index is 2.63. The molecule has 1 N–H and O–H groups in total. The molecule has 0 fully saturated rings. The predicted molar refractivity (Wildman–Crippen MR) is 63.6 cm³/mol. The molecule has 5 heteroatoms. The van der Waals surface area contributed by atoms with Crippen molar-refractivity contribution in [1.29, 1.82) is 0 Å². The molecule has 1 aromatic heterocycles. The number of aromatic amines is 1. The third-order valence-corrected chi connectivity index (χ3v) is 2.82. The van der Waals surface area contributed by atoms with Crippen molar-refractivity contribution in [2.45, 2.75) is 6.92 Å². The van der Waals surface area contributed by atoms with E-state index >= 15 is 0 Å². The molecule has 3 nitrogen and oxygen atoms in total. The molecule has 1 heterocycles. The number of rotatable bonds is 1. The van der Waals surface area contributed by atoms with Gasteiger partial charge in [0.05, 0.1) is 0 Å². The summed E-state index contributed by atoms with van der Waals surface area (Å²) in [6, 6.07) is 5.70. The van der Waals surface area contributed by atoms with Crippen molar-refractivity contribution in [3.05, 3.63) is 33.6 Å². The topological polar surface area (TPSA) is 33.6 Å². The Labute approximate surface area is 97.7 Å². The molecule has 0 saturated heterocycles. The molecule has 2 aromatic rings. The van der Waals surface area contributed by atoms with E-state index in [1.54, 1.807) is 4.68 Å². The zero-order chi connectivity index (χ0) is 11.0. The van der Waals surface area contributed by atoms with Crippen molar-refractivity contribution in [3.8, 4) is 11.4 Å². The highest BCUT2D eigenvalue weighted by atomic mass is 35.5. The second kappa shape index (κ2) is 3.79. The van der Waals surface area contributed by atoms with Gasteiger partial charge in [-0.1, -0.05) is 17.7 Å². The number of benzene rings is 1. The lowest BCUT2D eigenvalue weighted by Gasteiger charge is -2.02. The Morgan fingerprint density at radius 2 is 2.20 bits per heavy atom. The van der Waals surface area contributed by atoms with Crippen LogP contribution in [-0.2, 0) is 7.05 Å². The van der Waals surface area contributed by atoms with Crippen LogP contribution in [0.15, 0.2) is 18.2 Å². The van der Waals surface area contributed by atoms with Crippen molar-refractivity contribution in [3.63, 3.8) is 0 Å². The SMILES string of the molecule is Cc1ccc(Cl)cc1-c1nc(=S)n(C)[nH]1. The van der Waals surface area contributed by atoms with Crippen LogP contribution < -0.4 is 0 Å². The second-order valence-electron chi connectivity index (χ2n) is 3.37. The lowest BCUT2D eigenvalue weighted by atomic mass is 10.1. The summed E-state index contributed by atoms with van der Waals surface area (Å²) in [4.78, 5) is 4.25. The van der Waals surface area contributed by atoms with E-state index in [9.17, 15) is 0 Å². The van der Waals surface area contributed by atoms with Crippen LogP contribution in [0.3, 0.4) is 0 Å². The number of aromatic nitrogens is 3. The Bertz CT molecular complexity index is 556. The Hall–Kier alpha value is -1.13. The average Bonchev–Trinajstić information content (AvgIpc) is 2.51. The first-order valence-corrected chi connectivity index (χ1v) is 5.26. The summed E-state index contributed by atoms with van der Waals surface area (Å²) >= 11 is 11.0. The number of halogens is 1. The van der Waals surface area contributed by atoms with Gasteiger partial charge in [-0.2, -0.15) is 4.98 Å². The third-order valence-electron chi connectivity index (χ3n) is 2.22. The van der Waals surface area contributed by atoms with Crippen molar-refractivity contribution in [1.82, 2.24) is 14.8 Å².